The van der Waals surface area contributed by atoms with Crippen LogP contribution in [0.15, 0.2) is 18.2 Å². The number of benzene rings is 1. The van der Waals surface area contributed by atoms with Gasteiger partial charge in [0.15, 0.2) is 0 Å². The number of halogens is 2. The Labute approximate surface area is 150 Å². The molecule has 1 fully saturated rings. The molecular formula is C16H19Cl2N3O3. The van der Waals surface area contributed by atoms with Crippen LogP contribution in [-0.2, 0) is 20.9 Å². The van der Waals surface area contributed by atoms with Gasteiger partial charge in [-0.1, -0.05) is 23.2 Å². The van der Waals surface area contributed by atoms with Crippen LogP contribution in [0.3, 0.4) is 0 Å². The van der Waals surface area contributed by atoms with Gasteiger partial charge in [-0.25, -0.2) is 0 Å². The lowest BCUT2D eigenvalue weighted by atomic mass is 10.1. The molecule has 24 heavy (non-hydrogen) atoms. The largest absolute Gasteiger partial charge is 0.341 e. The Morgan fingerprint density at radius 1 is 1.29 bits per heavy atom. The number of likely N-dealkylation sites (tertiary alicyclic amines) is 1. The van der Waals surface area contributed by atoms with E-state index in [9.17, 15) is 14.4 Å². The van der Waals surface area contributed by atoms with Gasteiger partial charge in [-0.15, -0.1) is 0 Å². The van der Waals surface area contributed by atoms with E-state index in [1.54, 1.807) is 32.3 Å². The van der Waals surface area contributed by atoms with E-state index in [-0.39, 0.29) is 19.0 Å². The van der Waals surface area contributed by atoms with Crippen molar-refractivity contribution in [3.05, 3.63) is 33.8 Å². The molecule has 0 saturated carbocycles. The Kier molecular flexibility index (Phi) is 6.21. The van der Waals surface area contributed by atoms with Gasteiger partial charge in [-0.2, -0.15) is 0 Å². The van der Waals surface area contributed by atoms with Crippen LogP contribution in [0.5, 0.6) is 0 Å². The predicted molar refractivity (Wildman–Crippen MR) is 91.9 cm³/mol. The molecule has 0 spiro atoms. The minimum Gasteiger partial charge on any atom is -0.341 e. The van der Waals surface area contributed by atoms with Crippen molar-refractivity contribution in [2.45, 2.75) is 6.54 Å². The number of ketones is 1. The average molecular weight is 372 g/mol. The van der Waals surface area contributed by atoms with E-state index in [0.717, 1.165) is 5.56 Å². The molecule has 0 aliphatic carbocycles. The summed E-state index contributed by atoms with van der Waals surface area (Å²) in [5, 5.41) is 3.87. The monoisotopic (exact) mass is 371 g/mol. The van der Waals surface area contributed by atoms with E-state index < -0.39 is 17.6 Å². The lowest BCUT2D eigenvalue weighted by molar-refractivity contribution is -0.144. The second kappa shape index (κ2) is 7.96. The molecule has 1 N–H and O–H groups in total. The van der Waals surface area contributed by atoms with E-state index in [4.69, 9.17) is 23.2 Å². The first-order valence-corrected chi connectivity index (χ1v) is 8.26. The number of Topliss-reactive ketones (excluding diaryl/α,β-unsaturated/α-hetero) is 1. The maximum absolute atomic E-state index is 12.5. The Balaban J connectivity index is 2.04. The number of carbonyl (C=O) groups is 3. The molecule has 1 aliphatic rings. The van der Waals surface area contributed by atoms with Gasteiger partial charge < -0.3 is 15.1 Å². The molecule has 1 heterocycles. The topological polar surface area (TPSA) is 69.7 Å². The number of likely N-dealkylation sites (N-methyl/N-ethyl adjacent to an activating group) is 1. The van der Waals surface area contributed by atoms with Crippen molar-refractivity contribution in [1.82, 2.24) is 15.1 Å². The molecule has 1 unspecified atom stereocenters. The van der Waals surface area contributed by atoms with Crippen molar-refractivity contribution in [3.8, 4) is 0 Å². The zero-order chi connectivity index (χ0) is 17.9. The summed E-state index contributed by atoms with van der Waals surface area (Å²) in [5.74, 6) is -2.57. The number of hydrogen-bond acceptors (Lipinski definition) is 4. The van der Waals surface area contributed by atoms with Crippen LogP contribution in [0, 0.1) is 5.92 Å². The van der Waals surface area contributed by atoms with E-state index in [2.05, 4.69) is 5.32 Å². The highest BCUT2D eigenvalue weighted by Gasteiger charge is 2.43. The Bertz CT molecular complexity index is 646. The van der Waals surface area contributed by atoms with Crippen LogP contribution in [0.25, 0.3) is 0 Å². The molecule has 1 atom stereocenters. The smallest absolute Gasteiger partial charge is 0.290 e. The van der Waals surface area contributed by atoms with Crippen LogP contribution in [-0.4, -0.2) is 61.1 Å². The number of rotatable bonds is 6. The Morgan fingerprint density at radius 2 is 1.92 bits per heavy atom. The standard InChI is InChI=1S/C16H19Cl2N3O3/c1-19-3-4-21-9-13(14(22)16(21)24)15(23)20(2)8-10-5-11(17)7-12(18)6-10/h5-7,13,19H,3-4,8-9H2,1-2H3. The van der Waals surface area contributed by atoms with Crippen LogP contribution >= 0.6 is 23.2 Å². The summed E-state index contributed by atoms with van der Waals surface area (Å²) in [7, 11) is 3.35. The van der Waals surface area contributed by atoms with E-state index >= 15 is 0 Å². The number of amides is 2. The summed E-state index contributed by atoms with van der Waals surface area (Å²) in [6.45, 7) is 1.35. The van der Waals surface area contributed by atoms with Gasteiger partial charge in [-0.3, -0.25) is 14.4 Å². The fourth-order valence-electron chi connectivity index (χ4n) is 2.64. The van der Waals surface area contributed by atoms with Crippen LogP contribution in [0.2, 0.25) is 10.0 Å². The molecule has 1 saturated heterocycles. The number of hydrogen-bond donors (Lipinski definition) is 1. The maximum atomic E-state index is 12.5. The van der Waals surface area contributed by atoms with Gasteiger partial charge in [0, 0.05) is 43.3 Å². The molecule has 0 radical (unpaired) electrons. The second-order valence-electron chi connectivity index (χ2n) is 5.74. The zero-order valence-electron chi connectivity index (χ0n) is 13.5. The minimum atomic E-state index is -0.950. The molecule has 6 nitrogen and oxygen atoms in total. The fourth-order valence-corrected chi connectivity index (χ4v) is 3.21. The number of nitrogens with one attached hydrogen (secondary N) is 1. The summed E-state index contributed by atoms with van der Waals surface area (Å²) in [5.41, 5.74) is 0.757. The van der Waals surface area contributed by atoms with E-state index in [0.29, 0.717) is 23.1 Å². The normalized spacial score (nSPS) is 17.5. The molecule has 1 aromatic rings. The first-order valence-electron chi connectivity index (χ1n) is 7.51. The number of nitrogens with zero attached hydrogens (tertiary/aromatic N) is 2. The van der Waals surface area contributed by atoms with Gasteiger partial charge in [0.1, 0.15) is 5.92 Å². The minimum absolute atomic E-state index is 0.124. The lowest BCUT2D eigenvalue weighted by Crippen LogP contribution is -2.37. The first kappa shape index (κ1) is 18.7. The van der Waals surface area contributed by atoms with Gasteiger partial charge in [0.05, 0.1) is 0 Å². The second-order valence-corrected chi connectivity index (χ2v) is 6.62. The molecule has 0 bridgehead atoms. The molecule has 2 rings (SSSR count). The lowest BCUT2D eigenvalue weighted by Gasteiger charge is -2.21. The SMILES string of the molecule is CNCCN1CC(C(=O)N(C)Cc2cc(Cl)cc(Cl)c2)C(=O)C1=O. The van der Waals surface area contributed by atoms with Crippen LogP contribution in [0.1, 0.15) is 5.56 Å². The zero-order valence-corrected chi connectivity index (χ0v) is 15.0. The first-order chi connectivity index (χ1) is 11.3. The highest BCUT2D eigenvalue weighted by atomic mass is 35.5. The molecule has 2 amide bonds. The van der Waals surface area contributed by atoms with Gasteiger partial charge in [0.2, 0.25) is 11.7 Å². The molecule has 130 valence electrons. The van der Waals surface area contributed by atoms with Crippen molar-refractivity contribution in [3.63, 3.8) is 0 Å². The van der Waals surface area contributed by atoms with Crippen LogP contribution in [0.4, 0.5) is 0 Å². The van der Waals surface area contributed by atoms with E-state index in [1.165, 1.54) is 9.80 Å². The van der Waals surface area contributed by atoms with Crippen molar-refractivity contribution >= 4 is 40.8 Å². The molecule has 1 aromatic carbocycles. The summed E-state index contributed by atoms with van der Waals surface area (Å²) in [4.78, 5) is 39.4. The fraction of sp³-hybridized carbons (Fsp3) is 0.438. The highest BCUT2D eigenvalue weighted by Crippen LogP contribution is 2.21. The predicted octanol–water partition coefficient (Wildman–Crippen LogP) is 1.20. The highest BCUT2D eigenvalue weighted by molar-refractivity contribution is 6.42. The van der Waals surface area contributed by atoms with Crippen molar-refractivity contribution in [2.75, 3.05) is 33.7 Å². The Hall–Kier alpha value is -1.63. The van der Waals surface area contributed by atoms with Crippen LogP contribution < -0.4 is 5.32 Å². The number of carbonyl (C=O) groups excluding carboxylic acids is 3. The molecule has 0 aromatic heterocycles. The third-order valence-electron chi connectivity index (χ3n) is 3.87. The molecule has 8 heteroatoms. The van der Waals surface area contributed by atoms with Gasteiger partial charge >= 0.3 is 0 Å². The molecular weight excluding hydrogens is 353 g/mol. The Morgan fingerprint density at radius 3 is 2.50 bits per heavy atom. The maximum Gasteiger partial charge on any atom is 0.290 e. The molecule has 1 aliphatic heterocycles. The third kappa shape index (κ3) is 4.26. The van der Waals surface area contributed by atoms with Gasteiger partial charge in [0.25, 0.3) is 5.91 Å². The van der Waals surface area contributed by atoms with Crippen molar-refractivity contribution in [1.29, 1.82) is 0 Å². The van der Waals surface area contributed by atoms with E-state index in [1.807, 2.05) is 0 Å². The summed E-state index contributed by atoms with van der Waals surface area (Å²) in [6.07, 6.45) is 0. The van der Waals surface area contributed by atoms with Crippen molar-refractivity contribution in [2.24, 2.45) is 5.92 Å². The summed E-state index contributed by atoms with van der Waals surface area (Å²) in [6, 6.07) is 5.02. The summed E-state index contributed by atoms with van der Waals surface area (Å²) >= 11 is 11.9. The third-order valence-corrected chi connectivity index (χ3v) is 4.30. The van der Waals surface area contributed by atoms with Gasteiger partial charge in [-0.05, 0) is 30.8 Å². The average Bonchev–Trinajstić information content (AvgIpc) is 2.79. The van der Waals surface area contributed by atoms with Crippen molar-refractivity contribution < 1.29 is 14.4 Å². The summed E-state index contributed by atoms with van der Waals surface area (Å²) < 4.78 is 0. The quantitative estimate of drug-likeness (QED) is 0.602.